The van der Waals surface area contributed by atoms with E-state index in [1.807, 2.05) is 6.20 Å². The fourth-order valence-electron chi connectivity index (χ4n) is 8.90. The number of rotatable bonds is 11. The van der Waals surface area contributed by atoms with Crippen molar-refractivity contribution >= 4 is 17.9 Å². The number of H-pyrrole nitrogens is 2. The van der Waals surface area contributed by atoms with Gasteiger partial charge in [0.2, 0.25) is 5.91 Å². The predicted octanol–water partition coefficient (Wildman–Crippen LogP) is 7.24. The maximum Gasteiger partial charge on any atom is 0.405 e. The van der Waals surface area contributed by atoms with E-state index in [4.69, 9.17) is 15.5 Å². The van der Waals surface area contributed by atoms with E-state index in [-0.39, 0.29) is 23.9 Å². The molecule has 2 saturated heterocycles. The number of likely N-dealkylation sites (tertiary alicyclic amines) is 2. The van der Waals surface area contributed by atoms with E-state index in [2.05, 4.69) is 87.1 Å². The van der Waals surface area contributed by atoms with Crippen LogP contribution in [0.15, 0.2) is 60.9 Å². The standard InChI is InChI=1S/C42H54N8O4/c1-5-48(6-2)32-21-19-31(20-22-32)39(51)49-23-7-9-35(49)37-44-25-33(46-37)29-15-11-27(12-16-29)28-13-17-30(18-14-28)34-26-45-38(47-34)36-10-8-24-50(36)40(52)42(3,4)54-41(43)53/h11-18,25-26,31-32,35-36H,5-10,19-24H2,1-4H3,(H2,43,53)(H,44,46)(H,45,47)/t31-,32+,35?,36-/m0/s1. The van der Waals surface area contributed by atoms with Crippen LogP contribution in [0.4, 0.5) is 4.79 Å². The molecule has 286 valence electrons. The number of aromatic amines is 2. The number of carbonyl (C=O) groups is 3. The van der Waals surface area contributed by atoms with Crippen molar-refractivity contribution in [2.75, 3.05) is 26.2 Å². The van der Waals surface area contributed by atoms with Crippen LogP contribution in [0.2, 0.25) is 0 Å². The minimum atomic E-state index is -1.36. The van der Waals surface area contributed by atoms with Gasteiger partial charge in [-0.05, 0) is 101 Å². The van der Waals surface area contributed by atoms with E-state index < -0.39 is 11.7 Å². The van der Waals surface area contributed by atoms with Gasteiger partial charge in [0.15, 0.2) is 5.60 Å². The van der Waals surface area contributed by atoms with Gasteiger partial charge in [0.25, 0.3) is 5.91 Å². The second kappa shape index (κ2) is 15.8. The van der Waals surface area contributed by atoms with Crippen LogP contribution in [0.3, 0.4) is 0 Å². The summed E-state index contributed by atoms with van der Waals surface area (Å²) in [6.07, 6.45) is 10.4. The van der Waals surface area contributed by atoms with Crippen molar-refractivity contribution in [3.8, 4) is 33.6 Å². The molecule has 2 aromatic heterocycles. The third kappa shape index (κ3) is 7.66. The van der Waals surface area contributed by atoms with Crippen molar-refractivity contribution in [2.45, 2.75) is 103 Å². The van der Waals surface area contributed by atoms with Gasteiger partial charge in [-0.3, -0.25) is 9.59 Å². The molecule has 0 spiro atoms. The number of hydrogen-bond acceptors (Lipinski definition) is 7. The molecule has 2 aromatic carbocycles. The molecule has 2 aliphatic heterocycles. The number of nitrogens with zero attached hydrogens (tertiary/aromatic N) is 5. The number of carbonyl (C=O) groups excluding carboxylic acids is 3. The van der Waals surface area contributed by atoms with Crippen molar-refractivity contribution in [2.24, 2.45) is 11.7 Å². The van der Waals surface area contributed by atoms with Crippen molar-refractivity contribution in [1.82, 2.24) is 34.6 Å². The van der Waals surface area contributed by atoms with Crippen molar-refractivity contribution in [3.05, 3.63) is 72.6 Å². The normalized spacial score (nSPS) is 21.9. The predicted molar refractivity (Wildman–Crippen MR) is 208 cm³/mol. The summed E-state index contributed by atoms with van der Waals surface area (Å²) in [5.74, 6) is 1.71. The SMILES string of the molecule is CCN(CC)[C@H]1CC[C@@H](C(=O)N2CCCC2c2ncc(-c3ccc(-c4ccc(-c5cnc([C@@H]6CCCN6C(=O)C(C)(C)OC(N)=O)[nH]5)cc4)cc3)[nH]2)CC1. The molecular formula is C42H54N8O4. The molecule has 2 atom stereocenters. The summed E-state index contributed by atoms with van der Waals surface area (Å²) in [6.45, 7) is 11.1. The minimum Gasteiger partial charge on any atom is -0.434 e. The molecule has 3 aliphatic rings. The van der Waals surface area contributed by atoms with Crippen molar-refractivity contribution in [1.29, 1.82) is 0 Å². The average Bonchev–Trinajstić information content (AvgIpc) is 4.02. The number of primary amides is 1. The number of aromatic nitrogens is 4. The molecule has 3 amide bonds. The molecule has 0 bridgehead atoms. The van der Waals surface area contributed by atoms with Crippen LogP contribution in [-0.4, -0.2) is 90.4 Å². The summed E-state index contributed by atoms with van der Waals surface area (Å²) in [5, 5.41) is 0. The maximum absolute atomic E-state index is 13.7. The van der Waals surface area contributed by atoms with E-state index in [1.165, 1.54) is 0 Å². The van der Waals surface area contributed by atoms with Crippen molar-refractivity contribution in [3.63, 3.8) is 0 Å². The fourth-order valence-corrected chi connectivity index (χ4v) is 8.90. The van der Waals surface area contributed by atoms with Crippen LogP contribution in [0.1, 0.15) is 103 Å². The maximum atomic E-state index is 13.7. The summed E-state index contributed by atoms with van der Waals surface area (Å²) < 4.78 is 5.11. The lowest BCUT2D eigenvalue weighted by atomic mass is 9.84. The molecule has 1 aliphatic carbocycles. The largest absolute Gasteiger partial charge is 0.434 e. The summed E-state index contributed by atoms with van der Waals surface area (Å²) in [6, 6.07) is 17.1. The highest BCUT2D eigenvalue weighted by Gasteiger charge is 2.42. The molecule has 0 radical (unpaired) electrons. The Balaban J connectivity index is 0.973. The average molecular weight is 735 g/mol. The number of imidazole rings is 2. The first-order chi connectivity index (χ1) is 26.1. The van der Waals surface area contributed by atoms with Gasteiger partial charge < -0.3 is 35.1 Å². The molecule has 54 heavy (non-hydrogen) atoms. The molecule has 1 saturated carbocycles. The lowest BCUT2D eigenvalue weighted by molar-refractivity contribution is -0.149. The van der Waals surface area contributed by atoms with E-state index >= 15 is 0 Å². The Morgan fingerprint density at radius 2 is 1.20 bits per heavy atom. The van der Waals surface area contributed by atoms with E-state index in [0.717, 1.165) is 110 Å². The second-order valence-corrected chi connectivity index (χ2v) is 15.5. The van der Waals surface area contributed by atoms with E-state index in [9.17, 15) is 14.4 Å². The Bertz CT molecular complexity index is 1920. The summed E-state index contributed by atoms with van der Waals surface area (Å²) in [7, 11) is 0. The van der Waals surface area contributed by atoms with Crippen LogP contribution < -0.4 is 5.73 Å². The fraction of sp³-hybridized carbons (Fsp3) is 0.500. The van der Waals surface area contributed by atoms with Crippen molar-refractivity contribution < 1.29 is 19.1 Å². The van der Waals surface area contributed by atoms with Crippen LogP contribution in [0.25, 0.3) is 33.6 Å². The van der Waals surface area contributed by atoms with Gasteiger partial charge in [-0.1, -0.05) is 62.4 Å². The summed E-state index contributed by atoms with van der Waals surface area (Å²) in [5.41, 5.74) is 9.88. The van der Waals surface area contributed by atoms with Crippen LogP contribution in [-0.2, 0) is 14.3 Å². The van der Waals surface area contributed by atoms with Crippen LogP contribution in [0, 0.1) is 5.92 Å². The number of ether oxygens (including phenoxy) is 1. The zero-order chi connectivity index (χ0) is 38.0. The molecule has 4 aromatic rings. The van der Waals surface area contributed by atoms with E-state index in [0.29, 0.717) is 24.3 Å². The molecular weight excluding hydrogens is 681 g/mol. The molecule has 3 fully saturated rings. The zero-order valence-corrected chi connectivity index (χ0v) is 32.0. The molecule has 1 unspecified atom stereocenters. The lowest BCUT2D eigenvalue weighted by Gasteiger charge is -2.37. The molecule has 4 heterocycles. The van der Waals surface area contributed by atoms with Gasteiger partial charge in [0, 0.05) is 25.0 Å². The Morgan fingerprint density at radius 3 is 1.69 bits per heavy atom. The third-order valence-electron chi connectivity index (χ3n) is 11.8. The molecule has 12 heteroatoms. The quantitative estimate of drug-likeness (QED) is 0.147. The molecule has 12 nitrogen and oxygen atoms in total. The monoisotopic (exact) mass is 734 g/mol. The third-order valence-corrected chi connectivity index (χ3v) is 11.8. The highest BCUT2D eigenvalue weighted by molar-refractivity contribution is 5.87. The number of hydrogen-bond donors (Lipinski definition) is 3. The van der Waals surface area contributed by atoms with Crippen LogP contribution >= 0.6 is 0 Å². The minimum absolute atomic E-state index is 0.00474. The zero-order valence-electron chi connectivity index (χ0n) is 32.0. The van der Waals surface area contributed by atoms with Gasteiger partial charge in [0.05, 0.1) is 35.9 Å². The number of amides is 3. The smallest absolute Gasteiger partial charge is 0.405 e. The molecule has 4 N–H and O–H groups in total. The molecule has 7 rings (SSSR count). The first kappa shape index (κ1) is 37.3. The van der Waals surface area contributed by atoms with Gasteiger partial charge >= 0.3 is 6.09 Å². The topological polar surface area (TPSA) is 154 Å². The summed E-state index contributed by atoms with van der Waals surface area (Å²) >= 11 is 0. The number of nitrogens with one attached hydrogen (secondary N) is 2. The number of nitrogens with two attached hydrogens (primary N) is 1. The van der Waals surface area contributed by atoms with Crippen LogP contribution in [0.5, 0.6) is 0 Å². The Labute approximate surface area is 317 Å². The Hall–Kier alpha value is -4.97. The lowest BCUT2D eigenvalue weighted by Crippen LogP contribution is -2.48. The number of benzene rings is 2. The highest BCUT2D eigenvalue weighted by Crippen LogP contribution is 2.37. The highest BCUT2D eigenvalue weighted by atomic mass is 16.6. The van der Waals surface area contributed by atoms with Gasteiger partial charge in [0.1, 0.15) is 11.6 Å². The van der Waals surface area contributed by atoms with Gasteiger partial charge in [-0.2, -0.15) is 0 Å². The second-order valence-electron chi connectivity index (χ2n) is 15.5. The first-order valence-electron chi connectivity index (χ1n) is 19.7. The van der Waals surface area contributed by atoms with E-state index in [1.54, 1.807) is 24.9 Å². The Kier molecular flexibility index (Phi) is 10.9. The first-order valence-corrected chi connectivity index (χ1v) is 19.7. The van der Waals surface area contributed by atoms with Gasteiger partial charge in [-0.15, -0.1) is 0 Å². The Morgan fingerprint density at radius 1 is 0.741 bits per heavy atom. The summed E-state index contributed by atoms with van der Waals surface area (Å²) in [4.78, 5) is 61.1. The van der Waals surface area contributed by atoms with Gasteiger partial charge in [-0.25, -0.2) is 14.8 Å².